The predicted octanol–water partition coefficient (Wildman–Crippen LogP) is 0.725. The third-order valence-corrected chi connectivity index (χ3v) is 4.56. The summed E-state index contributed by atoms with van der Waals surface area (Å²) in [5, 5.41) is 6.65. The Morgan fingerprint density at radius 3 is 2.39 bits per heavy atom. The van der Waals surface area contributed by atoms with E-state index in [-0.39, 0.29) is 23.9 Å². The number of anilines is 2. The van der Waals surface area contributed by atoms with Crippen molar-refractivity contribution in [2.45, 2.75) is 38.9 Å². The number of benzene rings is 1. The number of piperazine rings is 1. The number of nitrogens with one attached hydrogen (secondary N) is 2. The van der Waals surface area contributed by atoms with Crippen molar-refractivity contribution in [1.82, 2.24) is 10.6 Å². The van der Waals surface area contributed by atoms with Gasteiger partial charge >= 0.3 is 0 Å². The molecule has 0 aromatic heterocycles. The van der Waals surface area contributed by atoms with Crippen LogP contribution in [0.1, 0.15) is 20.8 Å². The van der Waals surface area contributed by atoms with E-state index in [0.29, 0.717) is 19.1 Å². The molecule has 1 fully saturated rings. The first kappa shape index (κ1) is 16.0. The number of carbonyl (C=O) groups is 2. The van der Waals surface area contributed by atoms with Crippen molar-refractivity contribution >= 4 is 23.2 Å². The van der Waals surface area contributed by atoms with E-state index in [1.54, 1.807) is 11.8 Å². The molecule has 0 radical (unpaired) electrons. The van der Waals surface area contributed by atoms with Crippen LogP contribution in [0.15, 0.2) is 24.3 Å². The Bertz CT molecular complexity index is 610. The van der Waals surface area contributed by atoms with E-state index in [4.69, 9.17) is 0 Å². The highest BCUT2D eigenvalue weighted by molar-refractivity contribution is 6.05. The van der Waals surface area contributed by atoms with Crippen LogP contribution in [0.3, 0.4) is 0 Å². The number of nitrogens with zero attached hydrogens (tertiary/aromatic N) is 2. The van der Waals surface area contributed by atoms with Crippen LogP contribution in [0.4, 0.5) is 11.4 Å². The Hall–Kier alpha value is -1.92. The van der Waals surface area contributed by atoms with Crippen molar-refractivity contribution in [2.75, 3.05) is 29.4 Å². The van der Waals surface area contributed by atoms with Crippen LogP contribution in [-0.4, -0.2) is 49.6 Å². The van der Waals surface area contributed by atoms with Crippen molar-refractivity contribution in [3.05, 3.63) is 24.3 Å². The first-order valence-electron chi connectivity index (χ1n) is 8.16. The number of fused-ring (bicyclic) bond motifs is 1. The average molecular weight is 316 g/mol. The fraction of sp³-hybridized carbons (Fsp3) is 0.529. The second-order valence-corrected chi connectivity index (χ2v) is 6.45. The Kier molecular flexibility index (Phi) is 4.37. The van der Waals surface area contributed by atoms with Crippen molar-refractivity contribution in [2.24, 2.45) is 0 Å². The van der Waals surface area contributed by atoms with Gasteiger partial charge in [-0.05, 0) is 26.0 Å². The number of amides is 2. The lowest BCUT2D eigenvalue weighted by Crippen LogP contribution is -2.62. The van der Waals surface area contributed by atoms with Crippen molar-refractivity contribution < 1.29 is 9.59 Å². The minimum atomic E-state index is -0.227. The van der Waals surface area contributed by atoms with Gasteiger partial charge in [0.25, 0.3) is 0 Å². The molecule has 23 heavy (non-hydrogen) atoms. The van der Waals surface area contributed by atoms with Gasteiger partial charge in [-0.1, -0.05) is 12.1 Å². The topological polar surface area (TPSA) is 64.7 Å². The molecule has 2 amide bonds. The molecule has 3 rings (SSSR count). The van der Waals surface area contributed by atoms with Gasteiger partial charge in [0, 0.05) is 32.6 Å². The van der Waals surface area contributed by atoms with Crippen molar-refractivity contribution in [1.29, 1.82) is 0 Å². The van der Waals surface area contributed by atoms with Gasteiger partial charge in [0.05, 0.1) is 23.5 Å². The zero-order valence-corrected chi connectivity index (χ0v) is 13.9. The van der Waals surface area contributed by atoms with E-state index in [0.717, 1.165) is 17.9 Å². The summed E-state index contributed by atoms with van der Waals surface area (Å²) >= 11 is 0. The van der Waals surface area contributed by atoms with Crippen LogP contribution in [0.5, 0.6) is 0 Å². The molecule has 124 valence electrons. The minimum absolute atomic E-state index is 0.00309. The van der Waals surface area contributed by atoms with Gasteiger partial charge in [-0.2, -0.15) is 0 Å². The summed E-state index contributed by atoms with van der Waals surface area (Å²) in [6, 6.07) is 7.73. The summed E-state index contributed by atoms with van der Waals surface area (Å²) < 4.78 is 0. The zero-order chi connectivity index (χ0) is 16.6. The van der Waals surface area contributed by atoms with Gasteiger partial charge in [0.1, 0.15) is 0 Å². The molecule has 2 N–H and O–H groups in total. The van der Waals surface area contributed by atoms with Crippen LogP contribution < -0.4 is 20.4 Å². The lowest BCUT2D eigenvalue weighted by molar-refractivity contribution is -0.121. The molecular weight excluding hydrogens is 292 g/mol. The molecule has 0 saturated carbocycles. The minimum Gasteiger partial charge on any atom is -0.311 e. The second kappa shape index (κ2) is 6.29. The van der Waals surface area contributed by atoms with Gasteiger partial charge in [0.2, 0.25) is 11.8 Å². The lowest BCUT2D eigenvalue weighted by Gasteiger charge is -2.42. The van der Waals surface area contributed by atoms with Crippen LogP contribution in [0, 0.1) is 0 Å². The highest BCUT2D eigenvalue weighted by Gasteiger charge is 2.36. The molecule has 2 aliphatic heterocycles. The zero-order valence-electron chi connectivity index (χ0n) is 13.9. The standard InChI is InChI=1S/C17H24N4O2/c1-11-8-19-14(9-18-11)17(23)20-10-12(2)21(13(3)22)16-7-5-4-6-15(16)20/h4-7,11-12,14,18-19H,8-10H2,1-3H3. The summed E-state index contributed by atoms with van der Waals surface area (Å²) in [7, 11) is 0. The van der Waals surface area contributed by atoms with E-state index in [9.17, 15) is 9.59 Å². The number of rotatable bonds is 1. The van der Waals surface area contributed by atoms with Crippen LogP contribution in [0.2, 0.25) is 0 Å². The van der Waals surface area contributed by atoms with E-state index in [1.807, 2.05) is 36.1 Å². The fourth-order valence-corrected chi connectivity index (χ4v) is 3.41. The molecule has 1 saturated heterocycles. The highest BCUT2D eigenvalue weighted by atomic mass is 16.2. The molecule has 6 nitrogen and oxygen atoms in total. The van der Waals surface area contributed by atoms with Crippen LogP contribution in [0.25, 0.3) is 0 Å². The first-order chi connectivity index (χ1) is 11.0. The highest BCUT2D eigenvalue weighted by Crippen LogP contribution is 2.35. The molecule has 2 heterocycles. The maximum absolute atomic E-state index is 13.0. The smallest absolute Gasteiger partial charge is 0.245 e. The van der Waals surface area contributed by atoms with Gasteiger partial charge < -0.3 is 20.4 Å². The van der Waals surface area contributed by atoms with Gasteiger partial charge in [-0.25, -0.2) is 0 Å². The average Bonchev–Trinajstić information content (AvgIpc) is 2.53. The van der Waals surface area contributed by atoms with Crippen LogP contribution >= 0.6 is 0 Å². The summed E-state index contributed by atoms with van der Waals surface area (Å²) in [5.74, 6) is 0.0650. The third-order valence-electron chi connectivity index (χ3n) is 4.56. The number of carbonyl (C=O) groups excluding carboxylic acids is 2. The summed E-state index contributed by atoms with van der Waals surface area (Å²) in [6.07, 6.45) is 0. The quantitative estimate of drug-likeness (QED) is 0.801. The molecule has 1 aromatic carbocycles. The van der Waals surface area contributed by atoms with E-state index >= 15 is 0 Å². The Labute approximate surface area is 136 Å². The third kappa shape index (κ3) is 2.96. The second-order valence-electron chi connectivity index (χ2n) is 6.45. The molecular formula is C17H24N4O2. The number of para-hydroxylation sites is 2. The normalized spacial score (nSPS) is 27.5. The summed E-state index contributed by atoms with van der Waals surface area (Å²) in [5.41, 5.74) is 1.62. The molecule has 2 aliphatic rings. The maximum Gasteiger partial charge on any atom is 0.245 e. The van der Waals surface area contributed by atoms with Crippen molar-refractivity contribution in [3.63, 3.8) is 0 Å². The molecule has 3 atom stereocenters. The number of hydrogen-bond donors (Lipinski definition) is 2. The molecule has 0 spiro atoms. The van der Waals surface area contributed by atoms with Crippen LogP contribution in [-0.2, 0) is 9.59 Å². The largest absolute Gasteiger partial charge is 0.311 e. The summed E-state index contributed by atoms with van der Waals surface area (Å²) in [6.45, 7) is 7.56. The summed E-state index contributed by atoms with van der Waals surface area (Å²) in [4.78, 5) is 28.5. The Morgan fingerprint density at radius 1 is 1.09 bits per heavy atom. The molecule has 3 unspecified atom stereocenters. The van der Waals surface area contributed by atoms with Gasteiger partial charge in [-0.15, -0.1) is 0 Å². The predicted molar refractivity (Wildman–Crippen MR) is 90.7 cm³/mol. The van der Waals surface area contributed by atoms with E-state index in [1.165, 1.54) is 0 Å². The van der Waals surface area contributed by atoms with E-state index < -0.39 is 0 Å². The lowest BCUT2D eigenvalue weighted by atomic mass is 10.0. The monoisotopic (exact) mass is 316 g/mol. The molecule has 1 aromatic rings. The molecule has 0 bridgehead atoms. The van der Waals surface area contributed by atoms with Gasteiger partial charge in [0.15, 0.2) is 0 Å². The Morgan fingerprint density at radius 2 is 1.78 bits per heavy atom. The number of hydrogen-bond acceptors (Lipinski definition) is 4. The fourth-order valence-electron chi connectivity index (χ4n) is 3.41. The molecule has 0 aliphatic carbocycles. The van der Waals surface area contributed by atoms with Crippen molar-refractivity contribution in [3.8, 4) is 0 Å². The maximum atomic E-state index is 13.0. The van der Waals surface area contributed by atoms with E-state index in [2.05, 4.69) is 17.6 Å². The SMILES string of the molecule is CC(=O)N1c2ccccc2N(C(=O)C2CNC(C)CN2)CC1C. The first-order valence-corrected chi connectivity index (χ1v) is 8.16. The van der Waals surface area contributed by atoms with Gasteiger partial charge in [-0.3, -0.25) is 9.59 Å². The Balaban J connectivity index is 1.89. The molecule has 6 heteroatoms.